The normalized spacial score (nSPS) is 10.1. The minimum absolute atomic E-state index is 0.181. The van der Waals surface area contributed by atoms with Gasteiger partial charge in [0.25, 0.3) is 11.6 Å². The Bertz CT molecular complexity index is 454. The van der Waals surface area contributed by atoms with Crippen molar-refractivity contribution in [2.45, 2.75) is 12.8 Å². The second-order valence-electron chi connectivity index (χ2n) is 3.57. The van der Waals surface area contributed by atoms with Crippen LogP contribution in [0.1, 0.15) is 23.2 Å². The van der Waals surface area contributed by atoms with Crippen LogP contribution in [0.2, 0.25) is 0 Å². The number of carbonyl (C=O) groups excluding carboxylic acids is 1. The topological polar surface area (TPSA) is 72.2 Å². The van der Waals surface area contributed by atoms with Gasteiger partial charge in [-0.25, -0.2) is 4.39 Å². The Balaban J connectivity index is 2.66. The van der Waals surface area contributed by atoms with Gasteiger partial charge in [-0.2, -0.15) is 0 Å². The number of carbonyl (C=O) groups is 1. The molecule has 1 N–H and O–H groups in total. The maximum absolute atomic E-state index is 13.5. The molecule has 0 saturated carbocycles. The minimum Gasteiger partial charge on any atom is -0.352 e. The molecule has 1 aromatic carbocycles. The van der Waals surface area contributed by atoms with Crippen LogP contribution in [-0.4, -0.2) is 22.7 Å². The summed E-state index contributed by atoms with van der Waals surface area (Å²) < 4.78 is 13.5. The predicted molar refractivity (Wildman–Crippen MR) is 68.4 cm³/mol. The molecule has 1 amide bonds. The first-order valence-electron chi connectivity index (χ1n) is 5.34. The van der Waals surface area contributed by atoms with Gasteiger partial charge in [-0.3, -0.25) is 14.9 Å². The maximum Gasteiger partial charge on any atom is 0.272 e. The van der Waals surface area contributed by atoms with Crippen molar-refractivity contribution in [3.05, 3.63) is 39.7 Å². The second-order valence-corrected chi connectivity index (χ2v) is 4.37. The average molecular weight is 319 g/mol. The molecule has 1 rings (SSSR count). The second kappa shape index (κ2) is 7.05. The van der Waals surface area contributed by atoms with E-state index in [4.69, 9.17) is 0 Å². The van der Waals surface area contributed by atoms with E-state index in [1.807, 2.05) is 0 Å². The van der Waals surface area contributed by atoms with E-state index < -0.39 is 16.6 Å². The molecule has 0 spiro atoms. The monoisotopic (exact) mass is 318 g/mol. The van der Waals surface area contributed by atoms with E-state index in [1.165, 1.54) is 0 Å². The van der Waals surface area contributed by atoms with Crippen molar-refractivity contribution in [1.82, 2.24) is 5.32 Å². The number of non-ortho nitro benzene ring substituents is 1. The number of hydrogen-bond donors (Lipinski definition) is 1. The molecular weight excluding hydrogens is 307 g/mol. The molecule has 0 fully saturated rings. The smallest absolute Gasteiger partial charge is 0.272 e. The van der Waals surface area contributed by atoms with Gasteiger partial charge in [-0.05, 0) is 18.9 Å². The summed E-state index contributed by atoms with van der Waals surface area (Å²) in [6.07, 6.45) is 1.69. The standard InChI is InChI=1S/C11H12BrFN2O3/c12-5-1-2-6-14-11(16)9-4-3-8(15(17)18)7-10(9)13/h3-4,7H,1-2,5-6H2,(H,14,16). The minimum atomic E-state index is -0.887. The van der Waals surface area contributed by atoms with Crippen LogP contribution in [-0.2, 0) is 0 Å². The molecule has 0 aromatic heterocycles. The van der Waals surface area contributed by atoms with Gasteiger partial charge in [0.1, 0.15) is 5.82 Å². The molecule has 0 aliphatic heterocycles. The average Bonchev–Trinajstić information content (AvgIpc) is 2.34. The fourth-order valence-corrected chi connectivity index (χ4v) is 1.71. The van der Waals surface area contributed by atoms with E-state index >= 15 is 0 Å². The molecule has 0 radical (unpaired) electrons. The Morgan fingerprint density at radius 2 is 2.17 bits per heavy atom. The van der Waals surface area contributed by atoms with Crippen molar-refractivity contribution in [1.29, 1.82) is 0 Å². The first kappa shape index (κ1) is 14.6. The zero-order valence-corrected chi connectivity index (χ0v) is 11.1. The number of alkyl halides is 1. The molecule has 0 atom stereocenters. The van der Waals surface area contributed by atoms with Gasteiger partial charge < -0.3 is 5.32 Å². The molecule has 7 heteroatoms. The molecule has 5 nitrogen and oxygen atoms in total. The molecule has 0 heterocycles. The van der Waals surface area contributed by atoms with E-state index in [9.17, 15) is 19.3 Å². The molecule has 0 bridgehead atoms. The molecule has 0 aliphatic rings. The van der Waals surface area contributed by atoms with Gasteiger partial charge in [-0.15, -0.1) is 0 Å². The Kier molecular flexibility index (Phi) is 5.70. The number of nitro benzene ring substituents is 1. The summed E-state index contributed by atoms with van der Waals surface area (Å²) in [6, 6.07) is 2.97. The number of hydrogen-bond acceptors (Lipinski definition) is 3. The largest absolute Gasteiger partial charge is 0.352 e. The zero-order chi connectivity index (χ0) is 13.5. The molecule has 1 aromatic rings. The van der Waals surface area contributed by atoms with Gasteiger partial charge in [0.2, 0.25) is 0 Å². The van der Waals surface area contributed by atoms with Crippen molar-refractivity contribution < 1.29 is 14.1 Å². The van der Waals surface area contributed by atoms with Gasteiger partial charge >= 0.3 is 0 Å². The predicted octanol–water partition coefficient (Wildman–Crippen LogP) is 2.64. The van der Waals surface area contributed by atoms with Gasteiger partial charge in [0.05, 0.1) is 16.6 Å². The lowest BCUT2D eigenvalue weighted by Crippen LogP contribution is -2.25. The van der Waals surface area contributed by atoms with Crippen LogP contribution in [0.5, 0.6) is 0 Å². The molecule has 18 heavy (non-hydrogen) atoms. The molecule has 98 valence electrons. The fourth-order valence-electron chi connectivity index (χ4n) is 1.32. The first-order chi connectivity index (χ1) is 8.56. The molecular formula is C11H12BrFN2O3. The number of nitrogens with zero attached hydrogens (tertiary/aromatic N) is 1. The number of nitro groups is 1. The Morgan fingerprint density at radius 3 is 2.72 bits per heavy atom. The van der Waals surface area contributed by atoms with Gasteiger partial charge in [-0.1, -0.05) is 15.9 Å². The summed E-state index contributed by atoms with van der Waals surface area (Å²) >= 11 is 3.26. The molecule has 0 aliphatic carbocycles. The summed E-state index contributed by atoms with van der Waals surface area (Å²) in [5.74, 6) is -1.45. The van der Waals surface area contributed by atoms with Crippen molar-refractivity contribution in [3.8, 4) is 0 Å². The third-order valence-corrected chi connectivity index (χ3v) is 2.81. The lowest BCUT2D eigenvalue weighted by atomic mass is 10.1. The summed E-state index contributed by atoms with van der Waals surface area (Å²) in [7, 11) is 0. The molecule has 0 unspecified atom stereocenters. The van der Waals surface area contributed by atoms with Crippen LogP contribution < -0.4 is 5.32 Å². The van der Waals surface area contributed by atoms with Crippen molar-refractivity contribution >= 4 is 27.5 Å². The highest BCUT2D eigenvalue weighted by atomic mass is 79.9. The Hall–Kier alpha value is -1.50. The highest BCUT2D eigenvalue weighted by molar-refractivity contribution is 9.09. The van der Waals surface area contributed by atoms with Crippen molar-refractivity contribution in [2.75, 3.05) is 11.9 Å². The van der Waals surface area contributed by atoms with Crippen LogP contribution in [0.4, 0.5) is 10.1 Å². The summed E-state index contributed by atoms with van der Waals surface area (Å²) in [4.78, 5) is 21.3. The summed E-state index contributed by atoms with van der Waals surface area (Å²) in [5, 5.41) is 13.8. The highest BCUT2D eigenvalue weighted by Crippen LogP contribution is 2.16. The SMILES string of the molecule is O=C(NCCCCBr)c1ccc([N+](=O)[O-])cc1F. The fraction of sp³-hybridized carbons (Fsp3) is 0.364. The lowest BCUT2D eigenvalue weighted by Gasteiger charge is -2.05. The number of benzene rings is 1. The van der Waals surface area contributed by atoms with E-state index in [2.05, 4.69) is 21.2 Å². The van der Waals surface area contributed by atoms with Crippen LogP contribution >= 0.6 is 15.9 Å². The third kappa shape index (κ3) is 4.06. The number of rotatable bonds is 6. The highest BCUT2D eigenvalue weighted by Gasteiger charge is 2.15. The quantitative estimate of drug-likeness (QED) is 0.379. The number of unbranched alkanes of at least 4 members (excludes halogenated alkanes) is 1. The maximum atomic E-state index is 13.5. The van der Waals surface area contributed by atoms with Crippen LogP contribution in [0.25, 0.3) is 0 Å². The van der Waals surface area contributed by atoms with E-state index in [1.54, 1.807) is 0 Å². The Morgan fingerprint density at radius 1 is 1.44 bits per heavy atom. The number of nitrogens with one attached hydrogen (secondary N) is 1. The zero-order valence-electron chi connectivity index (χ0n) is 9.49. The van der Waals surface area contributed by atoms with E-state index in [0.29, 0.717) is 6.54 Å². The van der Waals surface area contributed by atoms with Crippen molar-refractivity contribution in [3.63, 3.8) is 0 Å². The number of amides is 1. The third-order valence-electron chi connectivity index (χ3n) is 2.25. The molecule has 0 saturated heterocycles. The van der Waals surface area contributed by atoms with Gasteiger partial charge in [0, 0.05) is 17.9 Å². The van der Waals surface area contributed by atoms with Crippen LogP contribution in [0.3, 0.4) is 0 Å². The van der Waals surface area contributed by atoms with Crippen LogP contribution in [0.15, 0.2) is 18.2 Å². The van der Waals surface area contributed by atoms with E-state index in [-0.39, 0.29) is 11.3 Å². The van der Waals surface area contributed by atoms with Crippen LogP contribution in [0, 0.1) is 15.9 Å². The Labute approximate surface area is 112 Å². The summed E-state index contributed by atoms with van der Waals surface area (Å²) in [5.41, 5.74) is -0.553. The van der Waals surface area contributed by atoms with E-state index in [0.717, 1.165) is 36.4 Å². The van der Waals surface area contributed by atoms with Crippen molar-refractivity contribution in [2.24, 2.45) is 0 Å². The lowest BCUT2D eigenvalue weighted by molar-refractivity contribution is -0.385. The van der Waals surface area contributed by atoms with Gasteiger partial charge in [0.15, 0.2) is 0 Å². The summed E-state index contributed by atoms with van der Waals surface area (Å²) in [6.45, 7) is 0.445. The first-order valence-corrected chi connectivity index (χ1v) is 6.46. The number of halogens is 2.